The third kappa shape index (κ3) is 4.14. The minimum absolute atomic E-state index is 0.00593. The maximum Gasteiger partial charge on any atom is 0.317 e. The van der Waals surface area contributed by atoms with Crippen LogP contribution in [0.4, 0.5) is 4.79 Å². The molecule has 0 saturated carbocycles. The van der Waals surface area contributed by atoms with E-state index in [4.69, 9.17) is 0 Å². The monoisotopic (exact) mass is 327 g/mol. The Hall–Kier alpha value is -2.34. The van der Waals surface area contributed by atoms with Crippen molar-refractivity contribution in [2.45, 2.75) is 20.0 Å². The fourth-order valence-electron chi connectivity index (χ4n) is 3.03. The number of nitrogens with one attached hydrogen (secondary N) is 1. The molecule has 1 fully saturated rings. The molecule has 0 aliphatic carbocycles. The van der Waals surface area contributed by atoms with Gasteiger partial charge >= 0.3 is 6.03 Å². The average Bonchev–Trinajstić information content (AvgIpc) is 2.98. The summed E-state index contributed by atoms with van der Waals surface area (Å²) < 4.78 is 1.78. The van der Waals surface area contributed by atoms with Crippen LogP contribution in [0.15, 0.2) is 36.5 Å². The molecule has 24 heavy (non-hydrogen) atoms. The van der Waals surface area contributed by atoms with E-state index in [2.05, 4.69) is 46.5 Å². The van der Waals surface area contributed by atoms with Crippen molar-refractivity contribution in [2.24, 2.45) is 7.05 Å². The SMILES string of the molecule is Cc1cccc(CN2CCN(C(=O)NCc3ccnn3C)CC2)c1. The quantitative estimate of drug-likeness (QED) is 0.931. The number of piperazine rings is 1. The molecule has 2 heterocycles. The maximum atomic E-state index is 12.3. The van der Waals surface area contributed by atoms with E-state index in [9.17, 15) is 4.79 Å². The summed E-state index contributed by atoms with van der Waals surface area (Å²) in [5.41, 5.74) is 3.63. The number of carbonyl (C=O) groups is 1. The Kier molecular flexibility index (Phi) is 5.15. The maximum absolute atomic E-state index is 12.3. The Balaban J connectivity index is 1.44. The van der Waals surface area contributed by atoms with Crippen molar-refractivity contribution < 1.29 is 4.79 Å². The third-order valence-electron chi connectivity index (χ3n) is 4.49. The van der Waals surface area contributed by atoms with Gasteiger partial charge in [0.15, 0.2) is 0 Å². The van der Waals surface area contributed by atoms with Gasteiger partial charge in [0, 0.05) is 46.0 Å². The summed E-state index contributed by atoms with van der Waals surface area (Å²) in [5.74, 6) is 0. The van der Waals surface area contributed by atoms with Crippen LogP contribution in [-0.2, 0) is 20.1 Å². The molecule has 1 aliphatic rings. The smallest absolute Gasteiger partial charge is 0.317 e. The largest absolute Gasteiger partial charge is 0.332 e. The summed E-state index contributed by atoms with van der Waals surface area (Å²) in [4.78, 5) is 16.6. The zero-order chi connectivity index (χ0) is 16.9. The molecule has 2 aromatic rings. The van der Waals surface area contributed by atoms with E-state index < -0.39 is 0 Å². The molecule has 0 unspecified atom stereocenters. The minimum atomic E-state index is 0.00593. The Morgan fingerprint density at radius 3 is 2.67 bits per heavy atom. The second-order valence-corrected chi connectivity index (χ2v) is 6.36. The number of rotatable bonds is 4. The van der Waals surface area contributed by atoms with Gasteiger partial charge in [0.1, 0.15) is 0 Å². The van der Waals surface area contributed by atoms with E-state index in [0.717, 1.165) is 38.4 Å². The van der Waals surface area contributed by atoms with E-state index in [1.807, 2.05) is 18.0 Å². The van der Waals surface area contributed by atoms with Crippen LogP contribution in [0.2, 0.25) is 0 Å². The fourth-order valence-corrected chi connectivity index (χ4v) is 3.03. The summed E-state index contributed by atoms with van der Waals surface area (Å²) in [6, 6.07) is 10.5. The molecule has 1 N–H and O–H groups in total. The standard InChI is InChI=1S/C18H25N5O/c1-15-4-3-5-16(12-15)14-22-8-10-23(11-9-22)18(24)19-13-17-6-7-20-21(17)2/h3-7,12H,8-11,13-14H2,1-2H3,(H,19,24). The number of aromatic nitrogens is 2. The van der Waals surface area contributed by atoms with Crippen LogP contribution in [0.25, 0.3) is 0 Å². The van der Waals surface area contributed by atoms with Gasteiger partial charge in [-0.05, 0) is 18.6 Å². The predicted molar refractivity (Wildman–Crippen MR) is 93.5 cm³/mol. The van der Waals surface area contributed by atoms with Crippen molar-refractivity contribution in [1.82, 2.24) is 24.9 Å². The Morgan fingerprint density at radius 2 is 2.00 bits per heavy atom. The first-order valence-electron chi connectivity index (χ1n) is 8.39. The van der Waals surface area contributed by atoms with Crippen molar-refractivity contribution in [2.75, 3.05) is 26.2 Å². The van der Waals surface area contributed by atoms with Crippen LogP contribution in [0.5, 0.6) is 0 Å². The molecule has 1 aromatic heterocycles. The van der Waals surface area contributed by atoms with E-state index >= 15 is 0 Å². The molecule has 0 spiro atoms. The number of benzene rings is 1. The Bertz CT molecular complexity index is 688. The van der Waals surface area contributed by atoms with Gasteiger partial charge in [-0.3, -0.25) is 9.58 Å². The van der Waals surface area contributed by atoms with Crippen LogP contribution < -0.4 is 5.32 Å². The van der Waals surface area contributed by atoms with Crippen molar-refractivity contribution in [3.05, 3.63) is 53.3 Å². The van der Waals surface area contributed by atoms with Crippen LogP contribution in [0.3, 0.4) is 0 Å². The fraction of sp³-hybridized carbons (Fsp3) is 0.444. The predicted octanol–water partition coefficient (Wildman–Crippen LogP) is 1.76. The molecule has 6 nitrogen and oxygen atoms in total. The average molecular weight is 327 g/mol. The number of carbonyl (C=O) groups excluding carboxylic acids is 1. The van der Waals surface area contributed by atoms with Gasteiger partial charge in [0.2, 0.25) is 0 Å². The molecule has 1 saturated heterocycles. The molecule has 128 valence electrons. The van der Waals surface area contributed by atoms with Gasteiger partial charge in [0.25, 0.3) is 0 Å². The summed E-state index contributed by atoms with van der Waals surface area (Å²) in [6.07, 6.45) is 1.74. The lowest BCUT2D eigenvalue weighted by Crippen LogP contribution is -2.51. The van der Waals surface area contributed by atoms with E-state index in [1.54, 1.807) is 10.9 Å². The van der Waals surface area contributed by atoms with Gasteiger partial charge in [-0.15, -0.1) is 0 Å². The van der Waals surface area contributed by atoms with E-state index in [0.29, 0.717) is 6.54 Å². The van der Waals surface area contributed by atoms with Crippen LogP contribution in [-0.4, -0.2) is 51.8 Å². The van der Waals surface area contributed by atoms with Gasteiger partial charge in [-0.1, -0.05) is 29.8 Å². The Labute approximate surface area is 143 Å². The lowest BCUT2D eigenvalue weighted by molar-refractivity contribution is 0.135. The van der Waals surface area contributed by atoms with Crippen molar-refractivity contribution in [3.8, 4) is 0 Å². The minimum Gasteiger partial charge on any atom is -0.332 e. The van der Waals surface area contributed by atoms with Crippen molar-refractivity contribution in [1.29, 1.82) is 0 Å². The molecular formula is C18H25N5O. The van der Waals surface area contributed by atoms with Gasteiger partial charge in [0.05, 0.1) is 12.2 Å². The summed E-state index contributed by atoms with van der Waals surface area (Å²) in [5, 5.41) is 7.08. The van der Waals surface area contributed by atoms with Crippen molar-refractivity contribution >= 4 is 6.03 Å². The van der Waals surface area contributed by atoms with Gasteiger partial charge in [-0.2, -0.15) is 5.10 Å². The number of aryl methyl sites for hydroxylation is 2. The highest BCUT2D eigenvalue weighted by Gasteiger charge is 2.21. The van der Waals surface area contributed by atoms with Crippen LogP contribution >= 0.6 is 0 Å². The highest BCUT2D eigenvalue weighted by molar-refractivity contribution is 5.74. The first-order valence-corrected chi connectivity index (χ1v) is 8.39. The molecule has 0 bridgehead atoms. The van der Waals surface area contributed by atoms with E-state index in [-0.39, 0.29) is 6.03 Å². The second-order valence-electron chi connectivity index (χ2n) is 6.36. The number of hydrogen-bond acceptors (Lipinski definition) is 3. The van der Waals surface area contributed by atoms with Crippen molar-refractivity contribution in [3.63, 3.8) is 0 Å². The molecule has 1 aliphatic heterocycles. The van der Waals surface area contributed by atoms with E-state index in [1.165, 1.54) is 11.1 Å². The number of nitrogens with zero attached hydrogens (tertiary/aromatic N) is 4. The van der Waals surface area contributed by atoms with Crippen LogP contribution in [0, 0.1) is 6.92 Å². The first kappa shape index (κ1) is 16.5. The zero-order valence-electron chi connectivity index (χ0n) is 14.4. The second kappa shape index (κ2) is 7.49. The molecule has 3 rings (SSSR count). The molecule has 2 amide bonds. The molecule has 0 atom stereocenters. The van der Waals surface area contributed by atoms with Crippen LogP contribution in [0.1, 0.15) is 16.8 Å². The lowest BCUT2D eigenvalue weighted by Gasteiger charge is -2.34. The highest BCUT2D eigenvalue weighted by atomic mass is 16.2. The highest BCUT2D eigenvalue weighted by Crippen LogP contribution is 2.10. The first-order chi connectivity index (χ1) is 11.6. The molecule has 0 radical (unpaired) electrons. The topological polar surface area (TPSA) is 53.4 Å². The third-order valence-corrected chi connectivity index (χ3v) is 4.49. The zero-order valence-corrected chi connectivity index (χ0v) is 14.4. The normalized spacial score (nSPS) is 15.5. The molecule has 1 aromatic carbocycles. The number of amides is 2. The lowest BCUT2D eigenvalue weighted by atomic mass is 10.1. The molecular weight excluding hydrogens is 302 g/mol. The Morgan fingerprint density at radius 1 is 1.21 bits per heavy atom. The van der Waals surface area contributed by atoms with Gasteiger partial charge < -0.3 is 10.2 Å². The number of urea groups is 1. The summed E-state index contributed by atoms with van der Waals surface area (Å²) >= 11 is 0. The number of hydrogen-bond donors (Lipinski definition) is 1. The van der Waals surface area contributed by atoms with Gasteiger partial charge in [-0.25, -0.2) is 4.79 Å². The molecule has 6 heteroatoms. The summed E-state index contributed by atoms with van der Waals surface area (Å²) in [6.45, 7) is 6.94. The summed E-state index contributed by atoms with van der Waals surface area (Å²) in [7, 11) is 1.88.